The monoisotopic (exact) mass is 289 g/mol. The number of imidazole rings is 1. The van der Waals surface area contributed by atoms with Crippen LogP contribution in [0.3, 0.4) is 0 Å². The molecule has 3 aromatic rings. The average molecular weight is 289 g/mol. The molecule has 2 aliphatic rings. The molecule has 0 saturated carbocycles. The summed E-state index contributed by atoms with van der Waals surface area (Å²) in [5.41, 5.74) is 5.08. The molecule has 0 bridgehead atoms. The molecule has 22 heavy (non-hydrogen) atoms. The van der Waals surface area contributed by atoms with Crippen LogP contribution in [0.15, 0.2) is 48.5 Å². The zero-order chi connectivity index (χ0) is 15.1. The topological polar surface area (TPSA) is 21.1 Å². The summed E-state index contributed by atoms with van der Waals surface area (Å²) in [4.78, 5) is 7.35. The Morgan fingerprint density at radius 1 is 1.00 bits per heavy atom. The molecular formula is C19H19N3. The lowest BCUT2D eigenvalue weighted by atomic mass is 9.74. The summed E-state index contributed by atoms with van der Waals surface area (Å²) in [6.07, 6.45) is 0.986. The molecule has 1 aromatic heterocycles. The van der Waals surface area contributed by atoms with Gasteiger partial charge in [0.2, 0.25) is 0 Å². The molecule has 0 unspecified atom stereocenters. The number of hydrogen-bond donors (Lipinski definition) is 0. The van der Waals surface area contributed by atoms with Gasteiger partial charge in [-0.2, -0.15) is 0 Å². The molecule has 0 N–H and O–H groups in total. The summed E-state index contributed by atoms with van der Waals surface area (Å²) >= 11 is 0. The zero-order valence-electron chi connectivity index (χ0n) is 13.2. The Morgan fingerprint density at radius 2 is 1.73 bits per heavy atom. The summed E-state index contributed by atoms with van der Waals surface area (Å²) < 4.78 is 2.46. The number of aromatic nitrogens is 2. The zero-order valence-corrected chi connectivity index (χ0v) is 13.2. The van der Waals surface area contributed by atoms with Gasteiger partial charge in [0, 0.05) is 24.6 Å². The van der Waals surface area contributed by atoms with Crippen molar-refractivity contribution in [2.45, 2.75) is 31.3 Å². The highest BCUT2D eigenvalue weighted by atomic mass is 15.4. The molecule has 2 aromatic carbocycles. The van der Waals surface area contributed by atoms with E-state index in [1.807, 2.05) is 0 Å². The summed E-state index contributed by atoms with van der Waals surface area (Å²) in [5.74, 6) is 1.20. The Bertz CT molecular complexity index is 925. The van der Waals surface area contributed by atoms with Crippen molar-refractivity contribution in [3.05, 3.63) is 59.9 Å². The lowest BCUT2D eigenvalue weighted by Gasteiger charge is -2.41. The molecule has 0 fully saturated rings. The fourth-order valence-electron chi connectivity index (χ4n) is 4.75. The van der Waals surface area contributed by atoms with Crippen molar-refractivity contribution >= 4 is 16.7 Å². The van der Waals surface area contributed by atoms with Crippen molar-refractivity contribution in [3.8, 4) is 0 Å². The number of anilines is 1. The van der Waals surface area contributed by atoms with Gasteiger partial charge in [-0.1, -0.05) is 37.3 Å². The van der Waals surface area contributed by atoms with Crippen LogP contribution in [-0.2, 0) is 17.5 Å². The van der Waals surface area contributed by atoms with E-state index in [-0.39, 0.29) is 11.1 Å². The third kappa shape index (κ3) is 1.08. The summed E-state index contributed by atoms with van der Waals surface area (Å²) in [6.45, 7) is 4.75. The molecule has 110 valence electrons. The first-order chi connectivity index (χ1) is 10.6. The molecule has 0 aliphatic carbocycles. The van der Waals surface area contributed by atoms with Crippen molar-refractivity contribution in [1.29, 1.82) is 0 Å². The molecule has 0 spiro atoms. The van der Waals surface area contributed by atoms with Crippen LogP contribution >= 0.6 is 0 Å². The van der Waals surface area contributed by atoms with Gasteiger partial charge in [0.15, 0.2) is 0 Å². The number of para-hydroxylation sites is 3. The van der Waals surface area contributed by atoms with Gasteiger partial charge in [-0.3, -0.25) is 0 Å². The van der Waals surface area contributed by atoms with Crippen LogP contribution in [0, 0.1) is 0 Å². The van der Waals surface area contributed by atoms with Crippen LogP contribution in [0.4, 0.5) is 5.69 Å². The minimum Gasteiger partial charge on any atom is -0.351 e. The van der Waals surface area contributed by atoms with Gasteiger partial charge >= 0.3 is 0 Å². The Hall–Kier alpha value is -2.29. The third-order valence-corrected chi connectivity index (χ3v) is 6.14. The highest BCUT2D eigenvalue weighted by molar-refractivity contribution is 5.79. The number of benzene rings is 2. The first kappa shape index (κ1) is 12.3. The van der Waals surface area contributed by atoms with Crippen LogP contribution in [0.25, 0.3) is 11.0 Å². The Kier molecular flexibility index (Phi) is 1.98. The SMILES string of the molecule is CN1c2ccccc2[C@@]2(C)Cc3nc4ccccc4n3[C@@]12C. The second kappa shape index (κ2) is 3.54. The minimum absolute atomic E-state index is 0.0602. The molecule has 3 heteroatoms. The van der Waals surface area contributed by atoms with E-state index >= 15 is 0 Å². The molecule has 2 aliphatic heterocycles. The van der Waals surface area contributed by atoms with Crippen molar-refractivity contribution in [1.82, 2.24) is 9.55 Å². The first-order valence-electron chi connectivity index (χ1n) is 7.87. The van der Waals surface area contributed by atoms with Crippen molar-refractivity contribution in [3.63, 3.8) is 0 Å². The Labute approximate surface area is 130 Å². The summed E-state index contributed by atoms with van der Waals surface area (Å²) in [5, 5.41) is 0. The second-order valence-electron chi connectivity index (χ2n) is 6.96. The smallest absolute Gasteiger partial charge is 0.125 e. The van der Waals surface area contributed by atoms with E-state index in [0.29, 0.717) is 0 Å². The lowest BCUT2D eigenvalue weighted by molar-refractivity contribution is 0.229. The predicted molar refractivity (Wildman–Crippen MR) is 89.3 cm³/mol. The number of rotatable bonds is 0. The molecule has 2 atom stereocenters. The fourth-order valence-corrected chi connectivity index (χ4v) is 4.75. The van der Waals surface area contributed by atoms with Crippen molar-refractivity contribution in [2.24, 2.45) is 0 Å². The van der Waals surface area contributed by atoms with Gasteiger partial charge in [-0.05, 0) is 30.7 Å². The molecule has 3 heterocycles. The predicted octanol–water partition coefficient (Wildman–Crippen LogP) is 3.67. The standard InChI is InChI=1S/C19H19N3/c1-18-12-17-20-14-9-5-7-11-16(14)22(17)19(18,2)21(3)15-10-6-4-8-13(15)18/h4-11H,12H2,1-3H3/t18-,19-/m1/s1. The van der Waals surface area contributed by atoms with E-state index < -0.39 is 0 Å². The number of nitrogens with zero attached hydrogens (tertiary/aromatic N) is 3. The van der Waals surface area contributed by atoms with Gasteiger partial charge < -0.3 is 9.47 Å². The van der Waals surface area contributed by atoms with Crippen molar-refractivity contribution in [2.75, 3.05) is 11.9 Å². The first-order valence-corrected chi connectivity index (χ1v) is 7.87. The van der Waals surface area contributed by atoms with E-state index in [4.69, 9.17) is 4.98 Å². The summed E-state index contributed by atoms with van der Waals surface area (Å²) in [7, 11) is 2.22. The molecular weight excluding hydrogens is 270 g/mol. The fraction of sp³-hybridized carbons (Fsp3) is 0.316. The van der Waals surface area contributed by atoms with Gasteiger partial charge in [0.05, 0.1) is 11.0 Å². The van der Waals surface area contributed by atoms with E-state index in [1.165, 1.54) is 22.6 Å². The number of likely N-dealkylation sites (N-methyl/N-ethyl adjacent to an activating group) is 1. The molecule has 0 radical (unpaired) electrons. The van der Waals surface area contributed by atoms with E-state index in [2.05, 4.69) is 78.9 Å². The number of fused-ring (bicyclic) bond motifs is 7. The summed E-state index contributed by atoms with van der Waals surface area (Å²) in [6, 6.07) is 17.3. The molecule has 0 saturated heterocycles. The van der Waals surface area contributed by atoms with Crippen LogP contribution in [0.2, 0.25) is 0 Å². The quantitative estimate of drug-likeness (QED) is 0.629. The molecule has 5 rings (SSSR count). The maximum absolute atomic E-state index is 4.91. The van der Waals surface area contributed by atoms with E-state index in [9.17, 15) is 0 Å². The normalized spacial score (nSPS) is 28.8. The van der Waals surface area contributed by atoms with E-state index in [0.717, 1.165) is 11.9 Å². The Morgan fingerprint density at radius 3 is 2.59 bits per heavy atom. The van der Waals surface area contributed by atoms with Crippen LogP contribution in [-0.4, -0.2) is 16.6 Å². The van der Waals surface area contributed by atoms with Crippen LogP contribution in [0.1, 0.15) is 25.2 Å². The van der Waals surface area contributed by atoms with Gasteiger partial charge in [-0.25, -0.2) is 4.98 Å². The molecule has 3 nitrogen and oxygen atoms in total. The third-order valence-electron chi connectivity index (χ3n) is 6.14. The molecule has 0 amide bonds. The van der Waals surface area contributed by atoms with Gasteiger partial charge in [0.25, 0.3) is 0 Å². The highest BCUT2D eigenvalue weighted by Gasteiger charge is 2.61. The second-order valence-corrected chi connectivity index (χ2v) is 6.96. The maximum Gasteiger partial charge on any atom is 0.125 e. The highest BCUT2D eigenvalue weighted by Crippen LogP contribution is 2.59. The minimum atomic E-state index is -0.109. The largest absolute Gasteiger partial charge is 0.351 e. The lowest BCUT2D eigenvalue weighted by Crippen LogP contribution is -2.51. The van der Waals surface area contributed by atoms with Gasteiger partial charge in [-0.15, -0.1) is 0 Å². The number of hydrogen-bond acceptors (Lipinski definition) is 2. The van der Waals surface area contributed by atoms with Crippen LogP contribution < -0.4 is 4.90 Å². The van der Waals surface area contributed by atoms with Crippen LogP contribution in [0.5, 0.6) is 0 Å². The average Bonchev–Trinajstić information content (AvgIpc) is 3.05. The van der Waals surface area contributed by atoms with E-state index in [1.54, 1.807) is 0 Å². The van der Waals surface area contributed by atoms with Gasteiger partial charge in [0.1, 0.15) is 11.5 Å². The van der Waals surface area contributed by atoms with Crippen molar-refractivity contribution < 1.29 is 0 Å². The Balaban J connectivity index is 1.88. The maximum atomic E-state index is 4.91.